The number of aryl methyl sites for hydroxylation is 2. The predicted octanol–water partition coefficient (Wildman–Crippen LogP) is 5.35. The topological polar surface area (TPSA) is 76.5 Å². The fourth-order valence-corrected chi connectivity index (χ4v) is 3.17. The normalized spacial score (nSPS) is 10.3. The Hall–Kier alpha value is -4.19. The third kappa shape index (κ3) is 5.49. The van der Waals surface area contributed by atoms with Gasteiger partial charge in [0.25, 0.3) is 0 Å². The van der Waals surface area contributed by atoms with Gasteiger partial charge in [0.05, 0.1) is 17.6 Å². The highest BCUT2D eigenvalue weighted by Gasteiger charge is 2.02. The lowest BCUT2D eigenvalue weighted by Gasteiger charge is -2.08. The highest BCUT2D eigenvalue weighted by molar-refractivity contribution is 5.59. The van der Waals surface area contributed by atoms with Gasteiger partial charge in [-0.15, -0.1) is 0 Å². The van der Waals surface area contributed by atoms with E-state index in [0.717, 1.165) is 45.2 Å². The first-order valence-corrected chi connectivity index (χ1v) is 10.4. The fourth-order valence-electron chi connectivity index (χ4n) is 3.17. The van der Waals surface area contributed by atoms with Gasteiger partial charge in [0.2, 0.25) is 0 Å². The lowest BCUT2D eigenvalue weighted by Crippen LogP contribution is -2.02. The lowest BCUT2D eigenvalue weighted by atomic mass is 10.1. The van der Waals surface area contributed by atoms with Gasteiger partial charge in [-0.3, -0.25) is 19.9 Å². The zero-order chi connectivity index (χ0) is 22.2. The minimum atomic E-state index is 0.622. The van der Waals surface area contributed by atoms with Crippen LogP contribution in [0.1, 0.15) is 16.8 Å². The number of aromatic nitrogens is 5. The number of pyridine rings is 2. The number of hydrogen-bond donors (Lipinski definition) is 1. The van der Waals surface area contributed by atoms with E-state index in [1.165, 1.54) is 0 Å². The zero-order valence-corrected chi connectivity index (χ0v) is 18.1. The van der Waals surface area contributed by atoms with Gasteiger partial charge in [0, 0.05) is 54.3 Å². The second-order valence-electron chi connectivity index (χ2n) is 7.33. The largest absolute Gasteiger partial charge is 0.366 e. The molecule has 0 fully saturated rings. The maximum absolute atomic E-state index is 4.61. The van der Waals surface area contributed by atoms with Crippen LogP contribution >= 0.6 is 0 Å². The van der Waals surface area contributed by atoms with Crippen molar-refractivity contribution in [2.45, 2.75) is 20.4 Å². The molecule has 0 saturated heterocycles. The molecule has 158 valence electrons. The molecule has 6 nitrogen and oxygen atoms in total. The van der Waals surface area contributed by atoms with Gasteiger partial charge in [0.15, 0.2) is 0 Å². The molecule has 0 aliphatic carbocycles. The summed E-state index contributed by atoms with van der Waals surface area (Å²) in [6, 6.07) is 18.0. The van der Waals surface area contributed by atoms with Crippen molar-refractivity contribution >= 4 is 5.82 Å². The summed E-state index contributed by atoms with van der Waals surface area (Å²) in [6.07, 6.45) is 10.6. The second kappa shape index (κ2) is 10.2. The van der Waals surface area contributed by atoms with Crippen LogP contribution in [0.5, 0.6) is 0 Å². The molecule has 0 amide bonds. The van der Waals surface area contributed by atoms with E-state index in [1.54, 1.807) is 31.0 Å². The molecule has 0 aliphatic heterocycles. The first-order chi connectivity index (χ1) is 15.7. The van der Waals surface area contributed by atoms with Crippen molar-refractivity contribution in [1.29, 1.82) is 0 Å². The SMILES string of the molecule is Cc1cc(-c2ccc(CNc3nccccc(-c4cnccn4)ccc3C)cn2)ccn1. The molecule has 0 aromatic carbocycles. The number of rotatable bonds is 5. The summed E-state index contributed by atoms with van der Waals surface area (Å²) in [4.78, 5) is 22.0. The highest BCUT2D eigenvalue weighted by atomic mass is 15.0. The molecular weight excluding hydrogens is 396 g/mol. The van der Waals surface area contributed by atoms with E-state index in [0.29, 0.717) is 6.54 Å². The zero-order valence-electron chi connectivity index (χ0n) is 18.1. The Labute approximate surface area is 187 Å². The van der Waals surface area contributed by atoms with Gasteiger partial charge in [0.1, 0.15) is 5.82 Å². The fraction of sp³-hybridized carbons (Fsp3) is 0.115. The molecule has 4 heterocycles. The molecule has 32 heavy (non-hydrogen) atoms. The predicted molar refractivity (Wildman–Crippen MR) is 127 cm³/mol. The third-order valence-corrected chi connectivity index (χ3v) is 4.90. The summed E-state index contributed by atoms with van der Waals surface area (Å²) in [6.45, 7) is 4.63. The Kier molecular flexibility index (Phi) is 6.72. The number of hydrogen-bond acceptors (Lipinski definition) is 6. The van der Waals surface area contributed by atoms with Crippen LogP contribution in [-0.2, 0) is 6.54 Å². The van der Waals surface area contributed by atoms with Gasteiger partial charge in [-0.2, -0.15) is 0 Å². The first-order valence-electron chi connectivity index (χ1n) is 10.4. The Morgan fingerprint density at radius 2 is 1.62 bits per heavy atom. The van der Waals surface area contributed by atoms with Crippen LogP contribution in [0.4, 0.5) is 5.82 Å². The molecule has 4 aromatic heterocycles. The number of anilines is 1. The minimum absolute atomic E-state index is 0.622. The van der Waals surface area contributed by atoms with E-state index >= 15 is 0 Å². The van der Waals surface area contributed by atoms with Gasteiger partial charge in [-0.25, -0.2) is 4.98 Å². The molecule has 0 radical (unpaired) electrons. The average molecular weight is 421 g/mol. The summed E-state index contributed by atoms with van der Waals surface area (Å²) >= 11 is 0. The molecule has 0 aliphatic rings. The van der Waals surface area contributed by atoms with E-state index in [9.17, 15) is 0 Å². The molecule has 1 N–H and O–H groups in total. The van der Waals surface area contributed by atoms with Crippen molar-refractivity contribution in [2.75, 3.05) is 5.32 Å². The summed E-state index contributed by atoms with van der Waals surface area (Å²) in [5.41, 5.74) is 6.87. The molecule has 0 saturated carbocycles. The second-order valence-corrected chi connectivity index (χ2v) is 7.33. The Morgan fingerprint density at radius 3 is 2.41 bits per heavy atom. The molecule has 4 rings (SSSR count). The molecular formula is C26H24N6. The highest BCUT2D eigenvalue weighted by Crippen LogP contribution is 2.18. The van der Waals surface area contributed by atoms with E-state index in [1.807, 2.05) is 68.6 Å². The van der Waals surface area contributed by atoms with Crippen LogP contribution in [0, 0.1) is 13.8 Å². The van der Waals surface area contributed by atoms with E-state index < -0.39 is 0 Å². The Balaban J connectivity index is 1.53. The Morgan fingerprint density at radius 1 is 0.688 bits per heavy atom. The molecule has 6 heteroatoms. The molecule has 4 aromatic rings. The quantitative estimate of drug-likeness (QED) is 0.469. The average Bonchev–Trinajstić information content (AvgIpc) is 2.83. The van der Waals surface area contributed by atoms with Crippen molar-refractivity contribution in [3.05, 3.63) is 109 Å². The first kappa shape index (κ1) is 21.1. The van der Waals surface area contributed by atoms with E-state index in [4.69, 9.17) is 0 Å². The molecule has 0 bridgehead atoms. The summed E-state index contributed by atoms with van der Waals surface area (Å²) in [7, 11) is 0. The monoisotopic (exact) mass is 420 g/mol. The molecule has 0 unspecified atom stereocenters. The lowest BCUT2D eigenvalue weighted by molar-refractivity contribution is 1.08. The van der Waals surface area contributed by atoms with Crippen LogP contribution in [-0.4, -0.2) is 24.9 Å². The van der Waals surface area contributed by atoms with Gasteiger partial charge in [-0.05, 0) is 49.2 Å². The maximum Gasteiger partial charge on any atom is 0.129 e. The number of nitrogens with one attached hydrogen (secondary N) is 1. The molecule has 0 spiro atoms. The van der Waals surface area contributed by atoms with Crippen molar-refractivity contribution in [1.82, 2.24) is 24.9 Å². The van der Waals surface area contributed by atoms with Crippen molar-refractivity contribution < 1.29 is 0 Å². The number of nitrogens with zero attached hydrogens (tertiary/aromatic N) is 5. The van der Waals surface area contributed by atoms with Crippen molar-refractivity contribution in [3.63, 3.8) is 0 Å². The van der Waals surface area contributed by atoms with Gasteiger partial charge < -0.3 is 5.32 Å². The minimum Gasteiger partial charge on any atom is -0.366 e. The van der Waals surface area contributed by atoms with Crippen LogP contribution in [0.2, 0.25) is 0 Å². The van der Waals surface area contributed by atoms with Gasteiger partial charge >= 0.3 is 0 Å². The summed E-state index contributed by atoms with van der Waals surface area (Å²) in [5, 5.41) is 3.43. The van der Waals surface area contributed by atoms with Crippen molar-refractivity contribution in [3.8, 4) is 22.5 Å². The van der Waals surface area contributed by atoms with Crippen LogP contribution in [0.15, 0.2) is 91.8 Å². The van der Waals surface area contributed by atoms with Gasteiger partial charge in [-0.1, -0.05) is 30.3 Å². The van der Waals surface area contributed by atoms with Crippen LogP contribution in [0.3, 0.4) is 0 Å². The van der Waals surface area contributed by atoms with E-state index in [2.05, 4.69) is 36.3 Å². The summed E-state index contributed by atoms with van der Waals surface area (Å²) in [5.74, 6) is 0.806. The smallest absolute Gasteiger partial charge is 0.129 e. The standard InChI is InChI=1S/C26H24N6/c1-19-6-8-22(25-18-27-13-14-29-25)5-3-4-11-30-26(19)32-17-21-7-9-24(31-16-21)23-10-12-28-20(2)15-23/h3-16,18H,17H2,1-2H3,(H,30,32). The summed E-state index contributed by atoms with van der Waals surface area (Å²) < 4.78 is 0. The Bertz CT molecular complexity index is 1240. The van der Waals surface area contributed by atoms with E-state index in [-0.39, 0.29) is 0 Å². The molecule has 0 atom stereocenters. The third-order valence-electron chi connectivity index (χ3n) is 4.90. The maximum atomic E-state index is 4.61. The van der Waals surface area contributed by atoms with Crippen molar-refractivity contribution in [2.24, 2.45) is 0 Å². The van der Waals surface area contributed by atoms with Crippen LogP contribution in [0.25, 0.3) is 22.5 Å². The van der Waals surface area contributed by atoms with Crippen LogP contribution < -0.4 is 5.32 Å².